The van der Waals surface area contributed by atoms with E-state index in [0.29, 0.717) is 11.5 Å². The fraction of sp³-hybridized carbons (Fsp3) is 1.00. The molecule has 0 aliphatic heterocycles. The highest BCUT2D eigenvalue weighted by Crippen LogP contribution is 2.36. The van der Waals surface area contributed by atoms with Crippen LogP contribution in [0.25, 0.3) is 0 Å². The molecule has 0 amide bonds. The lowest BCUT2D eigenvalue weighted by Gasteiger charge is -2.21. The van der Waals surface area contributed by atoms with Gasteiger partial charge in [0.05, 0.1) is 17.6 Å². The van der Waals surface area contributed by atoms with Crippen LogP contribution in [-0.4, -0.2) is 53.8 Å². The van der Waals surface area contributed by atoms with E-state index in [1.54, 1.807) is 0 Å². The number of hydrogen-bond donors (Lipinski definition) is 0. The first-order chi connectivity index (χ1) is 12.0. The molecule has 0 heterocycles. The van der Waals surface area contributed by atoms with E-state index < -0.39 is 17.6 Å². The van der Waals surface area contributed by atoms with Gasteiger partial charge in [0.15, 0.2) is 0 Å². The van der Waals surface area contributed by atoms with E-state index in [4.69, 9.17) is 9.47 Å². The Hall–Kier alpha value is 1.40. The van der Waals surface area contributed by atoms with Crippen molar-refractivity contribution in [1.29, 1.82) is 0 Å². The van der Waals surface area contributed by atoms with E-state index in [2.05, 4.69) is 40.0 Å². The van der Waals surface area contributed by atoms with Crippen LogP contribution in [0.4, 0.5) is 0 Å². The van der Waals surface area contributed by atoms with Crippen LogP contribution in [0.1, 0.15) is 52.4 Å². The van der Waals surface area contributed by atoms with Gasteiger partial charge in [0.2, 0.25) is 0 Å². The molecule has 2 unspecified atom stereocenters. The Morgan fingerprint density at radius 2 is 1.12 bits per heavy atom. The summed E-state index contributed by atoms with van der Waals surface area (Å²) in [6.45, 7) is 16.0. The van der Waals surface area contributed by atoms with E-state index in [1.165, 1.54) is 50.0 Å². The Balaban J connectivity index is 3.71. The minimum Gasteiger partial charge on any atom is -0.382 e. The van der Waals surface area contributed by atoms with Crippen molar-refractivity contribution in [2.45, 2.75) is 90.0 Å². The average Bonchev–Trinajstić information content (AvgIpc) is 2.57. The second-order valence-electron chi connectivity index (χ2n) is 7.30. The minimum absolute atomic E-state index is 0.563. The Kier molecular flexibility index (Phi) is 19.8. The van der Waals surface area contributed by atoms with Gasteiger partial charge in [-0.05, 0) is 35.5 Å². The van der Waals surface area contributed by atoms with Crippen molar-refractivity contribution in [2.24, 2.45) is 0 Å². The smallest absolute Gasteiger partial charge is 0.0656 e. The SMILES string of the molecule is CCCCOC(CCSSSCCC(OCCCC)[SiH](C)C)[SiH](C)C. The highest BCUT2D eigenvalue weighted by atomic mass is 33.5. The van der Waals surface area contributed by atoms with Gasteiger partial charge in [0, 0.05) is 36.2 Å². The first kappa shape index (κ1) is 26.4. The molecule has 152 valence electrons. The highest BCUT2D eigenvalue weighted by Gasteiger charge is 2.16. The van der Waals surface area contributed by atoms with Gasteiger partial charge < -0.3 is 9.47 Å². The third-order valence-electron chi connectivity index (χ3n) is 4.21. The summed E-state index contributed by atoms with van der Waals surface area (Å²) in [5.41, 5.74) is 1.13. The zero-order chi connectivity index (χ0) is 18.9. The van der Waals surface area contributed by atoms with Crippen molar-refractivity contribution < 1.29 is 9.47 Å². The van der Waals surface area contributed by atoms with Crippen LogP contribution in [0.15, 0.2) is 0 Å². The quantitative estimate of drug-likeness (QED) is 0.142. The Labute approximate surface area is 172 Å². The van der Waals surface area contributed by atoms with Gasteiger partial charge >= 0.3 is 0 Å². The molecule has 0 aliphatic carbocycles. The zero-order valence-corrected chi connectivity index (χ0v) is 22.2. The third-order valence-corrected chi connectivity index (χ3v) is 12.5. The lowest BCUT2D eigenvalue weighted by atomic mass is 10.4. The molecule has 0 N–H and O–H groups in total. The van der Waals surface area contributed by atoms with Crippen molar-refractivity contribution in [1.82, 2.24) is 0 Å². The van der Waals surface area contributed by atoms with Crippen LogP contribution >= 0.6 is 31.4 Å². The highest BCUT2D eigenvalue weighted by molar-refractivity contribution is 9.09. The molecule has 0 saturated carbocycles. The predicted molar refractivity (Wildman–Crippen MR) is 129 cm³/mol. The van der Waals surface area contributed by atoms with Crippen LogP contribution < -0.4 is 0 Å². The zero-order valence-electron chi connectivity index (χ0n) is 17.4. The van der Waals surface area contributed by atoms with Crippen LogP contribution in [0.2, 0.25) is 26.2 Å². The van der Waals surface area contributed by atoms with Gasteiger partial charge in [-0.1, -0.05) is 74.5 Å². The summed E-state index contributed by atoms with van der Waals surface area (Å²) >= 11 is 0. The van der Waals surface area contributed by atoms with Crippen molar-refractivity contribution in [3.8, 4) is 0 Å². The minimum atomic E-state index is -0.696. The summed E-state index contributed by atoms with van der Waals surface area (Å²) in [4.78, 5) is 0. The molecule has 0 aromatic carbocycles. The van der Waals surface area contributed by atoms with Crippen molar-refractivity contribution in [3.63, 3.8) is 0 Å². The van der Waals surface area contributed by atoms with Crippen molar-refractivity contribution in [3.05, 3.63) is 0 Å². The van der Waals surface area contributed by atoms with E-state index in [0.717, 1.165) is 13.2 Å². The molecule has 0 aromatic heterocycles. The number of rotatable bonds is 18. The van der Waals surface area contributed by atoms with Crippen LogP contribution in [0.5, 0.6) is 0 Å². The molecule has 2 atom stereocenters. The lowest BCUT2D eigenvalue weighted by Crippen LogP contribution is -2.29. The van der Waals surface area contributed by atoms with E-state index in [9.17, 15) is 0 Å². The van der Waals surface area contributed by atoms with E-state index >= 15 is 0 Å². The maximum atomic E-state index is 6.10. The van der Waals surface area contributed by atoms with Crippen molar-refractivity contribution >= 4 is 49.0 Å². The normalized spacial score (nSPS) is 14.4. The number of hydrogen-bond acceptors (Lipinski definition) is 5. The fourth-order valence-corrected chi connectivity index (χ4v) is 9.49. The van der Waals surface area contributed by atoms with Gasteiger partial charge in [-0.2, -0.15) is 0 Å². The molecule has 0 spiro atoms. The van der Waals surface area contributed by atoms with Crippen LogP contribution in [0, 0.1) is 0 Å². The molecular formula is C18H42O2S3Si2. The average molecular weight is 443 g/mol. The molecule has 0 bridgehead atoms. The second-order valence-corrected chi connectivity index (χ2v) is 18.2. The van der Waals surface area contributed by atoms with E-state index in [-0.39, 0.29) is 0 Å². The topological polar surface area (TPSA) is 18.5 Å². The molecule has 0 rings (SSSR count). The van der Waals surface area contributed by atoms with Gasteiger partial charge in [-0.25, -0.2) is 0 Å². The Morgan fingerprint density at radius 3 is 1.44 bits per heavy atom. The molecule has 0 aromatic rings. The van der Waals surface area contributed by atoms with Gasteiger partial charge in [-0.3, -0.25) is 0 Å². The summed E-state index contributed by atoms with van der Waals surface area (Å²) in [5.74, 6) is 2.43. The predicted octanol–water partition coefficient (Wildman–Crippen LogP) is 6.22. The largest absolute Gasteiger partial charge is 0.382 e. The maximum Gasteiger partial charge on any atom is 0.0656 e. The van der Waals surface area contributed by atoms with Crippen molar-refractivity contribution in [2.75, 3.05) is 24.7 Å². The van der Waals surface area contributed by atoms with E-state index in [1.807, 2.05) is 31.4 Å². The maximum absolute atomic E-state index is 6.10. The molecule has 0 radical (unpaired) electrons. The summed E-state index contributed by atoms with van der Waals surface area (Å²) < 4.78 is 12.2. The lowest BCUT2D eigenvalue weighted by molar-refractivity contribution is 0.0982. The first-order valence-corrected chi connectivity index (χ1v) is 19.9. The molecule has 0 fully saturated rings. The summed E-state index contributed by atoms with van der Waals surface area (Å²) in [7, 11) is 4.60. The number of unbranched alkanes of at least 4 members (excludes halogenated alkanes) is 2. The summed E-state index contributed by atoms with van der Waals surface area (Å²) in [6.07, 6.45) is 7.33. The summed E-state index contributed by atoms with van der Waals surface area (Å²) in [5, 5.41) is 0. The second kappa shape index (κ2) is 18.8. The molecule has 0 saturated heterocycles. The molecule has 2 nitrogen and oxygen atoms in total. The van der Waals surface area contributed by atoms with Gasteiger partial charge in [-0.15, -0.1) is 0 Å². The monoisotopic (exact) mass is 442 g/mol. The fourth-order valence-electron chi connectivity index (χ4n) is 2.41. The molecule has 0 aliphatic rings. The van der Waals surface area contributed by atoms with Crippen LogP contribution in [-0.2, 0) is 9.47 Å². The summed E-state index contributed by atoms with van der Waals surface area (Å²) in [6, 6.07) is 0. The third kappa shape index (κ3) is 16.1. The molecular weight excluding hydrogens is 401 g/mol. The molecule has 7 heteroatoms. The van der Waals surface area contributed by atoms with Crippen LogP contribution in [0.3, 0.4) is 0 Å². The van der Waals surface area contributed by atoms with Gasteiger partial charge in [0.25, 0.3) is 0 Å². The van der Waals surface area contributed by atoms with Gasteiger partial charge in [0.1, 0.15) is 0 Å². The Morgan fingerprint density at radius 1 is 0.720 bits per heavy atom. The standard InChI is InChI=1S/C18H42O2S3Si2/c1-7-9-13-19-17(24(3)4)11-15-21-23-22-16-12-18(25(5)6)20-14-10-8-2/h17-18,24-25H,7-16H2,1-6H3. The first-order valence-electron chi connectivity index (χ1n) is 10.2. The molecule has 25 heavy (non-hydrogen) atoms. The number of ether oxygens (including phenoxy) is 2. The Bertz CT molecular complexity index is 259.